The molecule has 4 rings (SSSR count). The van der Waals surface area contributed by atoms with Crippen LogP contribution in [0.4, 0.5) is 0 Å². The maximum absolute atomic E-state index is 13.7. The molecule has 7 nitrogen and oxygen atoms in total. The number of aryl methyl sites for hydroxylation is 3. The summed E-state index contributed by atoms with van der Waals surface area (Å²) < 4.78 is 8.93. The smallest absolute Gasteiger partial charge is 0.310 e. The van der Waals surface area contributed by atoms with E-state index in [1.54, 1.807) is 16.5 Å². The number of esters is 1. The maximum Gasteiger partial charge on any atom is 0.310 e. The van der Waals surface area contributed by atoms with E-state index in [0.29, 0.717) is 25.4 Å². The Kier molecular flexibility index (Phi) is 6.17. The van der Waals surface area contributed by atoms with Gasteiger partial charge in [-0.15, -0.1) is 0 Å². The highest BCUT2D eigenvalue weighted by Crippen LogP contribution is 2.27. The van der Waals surface area contributed by atoms with Crippen LogP contribution in [0.5, 0.6) is 0 Å². The van der Waals surface area contributed by atoms with E-state index in [-0.39, 0.29) is 17.8 Å². The van der Waals surface area contributed by atoms with Gasteiger partial charge in [-0.3, -0.25) is 9.59 Å². The third kappa shape index (κ3) is 4.20. The second kappa shape index (κ2) is 9.02. The zero-order chi connectivity index (χ0) is 22.8. The maximum atomic E-state index is 13.7. The van der Waals surface area contributed by atoms with Crippen molar-refractivity contribution in [3.63, 3.8) is 0 Å². The molecule has 1 amide bonds. The molecule has 3 heterocycles. The highest BCUT2D eigenvalue weighted by atomic mass is 16.5. The van der Waals surface area contributed by atoms with E-state index >= 15 is 0 Å². The number of ether oxygens (including phenoxy) is 1. The lowest BCUT2D eigenvalue weighted by atomic mass is 9.98. The summed E-state index contributed by atoms with van der Waals surface area (Å²) in [6, 6.07) is 11.9. The van der Waals surface area contributed by atoms with Crippen LogP contribution in [-0.4, -0.2) is 50.8 Å². The average molecular weight is 435 g/mol. The van der Waals surface area contributed by atoms with Crippen molar-refractivity contribution in [1.82, 2.24) is 19.2 Å². The van der Waals surface area contributed by atoms with Crippen molar-refractivity contribution < 1.29 is 14.3 Å². The first-order valence-corrected chi connectivity index (χ1v) is 11.1. The SMILES string of the molecule is CCOC(=O)C1CCCN(C(=O)c2cc(-c3cccn3C)nn2-c2ccc(C)cc2C)C1. The van der Waals surface area contributed by atoms with Crippen molar-refractivity contribution in [2.45, 2.75) is 33.6 Å². The summed E-state index contributed by atoms with van der Waals surface area (Å²) in [6.45, 7) is 7.21. The molecule has 0 radical (unpaired) electrons. The van der Waals surface area contributed by atoms with Crippen LogP contribution in [0, 0.1) is 19.8 Å². The van der Waals surface area contributed by atoms with Gasteiger partial charge in [-0.2, -0.15) is 5.10 Å². The second-order valence-electron chi connectivity index (χ2n) is 8.46. The van der Waals surface area contributed by atoms with E-state index < -0.39 is 0 Å². The van der Waals surface area contributed by atoms with E-state index in [4.69, 9.17) is 9.84 Å². The van der Waals surface area contributed by atoms with Gasteiger partial charge in [0.1, 0.15) is 11.4 Å². The minimum atomic E-state index is -0.280. The second-order valence-corrected chi connectivity index (χ2v) is 8.46. The first kappa shape index (κ1) is 21.9. The molecule has 0 spiro atoms. The summed E-state index contributed by atoms with van der Waals surface area (Å²) >= 11 is 0. The molecule has 0 bridgehead atoms. The fourth-order valence-corrected chi connectivity index (χ4v) is 4.39. The quantitative estimate of drug-likeness (QED) is 0.571. The first-order chi connectivity index (χ1) is 15.4. The lowest BCUT2D eigenvalue weighted by Crippen LogP contribution is -2.43. The molecule has 1 atom stereocenters. The number of nitrogens with zero attached hydrogens (tertiary/aromatic N) is 4. The van der Waals surface area contributed by atoms with Crippen LogP contribution in [0.3, 0.4) is 0 Å². The van der Waals surface area contributed by atoms with E-state index in [9.17, 15) is 9.59 Å². The molecule has 1 unspecified atom stereocenters. The zero-order valence-electron chi connectivity index (χ0n) is 19.2. The number of likely N-dealkylation sites (tertiary alicyclic amines) is 1. The Balaban J connectivity index is 1.73. The molecule has 1 saturated heterocycles. The lowest BCUT2D eigenvalue weighted by Gasteiger charge is -2.31. The molecule has 168 valence electrons. The standard InChI is InChI=1S/C25H30N4O3/c1-5-32-25(31)19-8-6-13-28(16-19)24(30)23-15-20(22-9-7-12-27(22)4)26-29(23)21-11-10-17(2)14-18(21)3/h7,9-12,14-15,19H,5-6,8,13,16H2,1-4H3. The van der Waals surface area contributed by atoms with E-state index in [1.165, 1.54) is 0 Å². The summed E-state index contributed by atoms with van der Waals surface area (Å²) in [7, 11) is 1.96. The fraction of sp³-hybridized carbons (Fsp3) is 0.400. The van der Waals surface area contributed by atoms with Gasteiger partial charge in [0.25, 0.3) is 5.91 Å². The van der Waals surface area contributed by atoms with Crippen molar-refractivity contribution in [1.29, 1.82) is 0 Å². The number of aromatic nitrogens is 3. The number of carbonyl (C=O) groups is 2. The summed E-state index contributed by atoms with van der Waals surface area (Å²) in [5.41, 5.74) is 5.24. The molecular weight excluding hydrogens is 404 g/mol. The van der Waals surface area contributed by atoms with Gasteiger partial charge in [0, 0.05) is 26.3 Å². The molecule has 1 fully saturated rings. The number of rotatable bonds is 5. The Morgan fingerprint density at radius 3 is 2.69 bits per heavy atom. The number of hydrogen-bond acceptors (Lipinski definition) is 4. The van der Waals surface area contributed by atoms with Crippen LogP contribution >= 0.6 is 0 Å². The molecule has 3 aromatic rings. The molecule has 1 aliphatic rings. The largest absolute Gasteiger partial charge is 0.466 e. The molecule has 1 aromatic carbocycles. The molecule has 2 aromatic heterocycles. The third-order valence-electron chi connectivity index (χ3n) is 6.04. The minimum absolute atomic E-state index is 0.119. The fourth-order valence-electron chi connectivity index (χ4n) is 4.39. The van der Waals surface area contributed by atoms with Crippen molar-refractivity contribution in [2.24, 2.45) is 13.0 Å². The highest BCUT2D eigenvalue weighted by Gasteiger charge is 2.32. The number of piperidine rings is 1. The Morgan fingerprint density at radius 2 is 2.00 bits per heavy atom. The molecule has 1 aliphatic heterocycles. The van der Waals surface area contributed by atoms with E-state index in [1.807, 2.05) is 62.0 Å². The van der Waals surface area contributed by atoms with Crippen molar-refractivity contribution in [3.8, 4) is 17.1 Å². The van der Waals surface area contributed by atoms with Gasteiger partial charge in [-0.1, -0.05) is 17.7 Å². The normalized spacial score (nSPS) is 16.2. The van der Waals surface area contributed by atoms with Crippen molar-refractivity contribution in [2.75, 3.05) is 19.7 Å². The van der Waals surface area contributed by atoms with E-state index in [2.05, 4.69) is 6.07 Å². The Morgan fingerprint density at radius 1 is 1.19 bits per heavy atom. The summed E-state index contributed by atoms with van der Waals surface area (Å²) in [5, 5.41) is 4.83. The van der Waals surface area contributed by atoms with Gasteiger partial charge < -0.3 is 14.2 Å². The molecule has 7 heteroatoms. The van der Waals surface area contributed by atoms with Crippen LogP contribution in [0.25, 0.3) is 17.1 Å². The van der Waals surface area contributed by atoms with Crippen LogP contribution in [0.15, 0.2) is 42.6 Å². The molecule has 32 heavy (non-hydrogen) atoms. The highest BCUT2D eigenvalue weighted by molar-refractivity contribution is 5.95. The predicted molar refractivity (Wildman–Crippen MR) is 123 cm³/mol. The minimum Gasteiger partial charge on any atom is -0.466 e. The Bertz CT molecular complexity index is 1140. The summed E-state index contributed by atoms with van der Waals surface area (Å²) in [6.07, 6.45) is 3.48. The van der Waals surface area contributed by atoms with Crippen LogP contribution in [0.2, 0.25) is 0 Å². The zero-order valence-corrected chi connectivity index (χ0v) is 19.2. The van der Waals surface area contributed by atoms with Gasteiger partial charge in [-0.25, -0.2) is 4.68 Å². The molecular formula is C25H30N4O3. The summed E-state index contributed by atoms with van der Waals surface area (Å²) in [4.78, 5) is 27.7. The van der Waals surface area contributed by atoms with E-state index in [0.717, 1.165) is 41.0 Å². The van der Waals surface area contributed by atoms with Gasteiger partial charge in [0.15, 0.2) is 0 Å². The van der Waals surface area contributed by atoms with Gasteiger partial charge in [0.2, 0.25) is 0 Å². The number of benzene rings is 1. The third-order valence-corrected chi connectivity index (χ3v) is 6.04. The predicted octanol–water partition coefficient (Wildman–Crippen LogP) is 3.91. The first-order valence-electron chi connectivity index (χ1n) is 11.1. The Labute approximate surface area is 188 Å². The number of hydrogen-bond donors (Lipinski definition) is 0. The molecule has 0 aliphatic carbocycles. The lowest BCUT2D eigenvalue weighted by molar-refractivity contribution is -0.149. The van der Waals surface area contributed by atoms with Gasteiger partial charge in [-0.05, 0) is 63.4 Å². The van der Waals surface area contributed by atoms with Gasteiger partial charge >= 0.3 is 5.97 Å². The summed E-state index contributed by atoms with van der Waals surface area (Å²) in [5.74, 6) is -0.623. The molecule has 0 N–H and O–H groups in total. The Hall–Kier alpha value is -3.35. The number of amides is 1. The van der Waals surface area contributed by atoms with Crippen LogP contribution in [-0.2, 0) is 16.6 Å². The van der Waals surface area contributed by atoms with Gasteiger partial charge in [0.05, 0.1) is 23.9 Å². The van der Waals surface area contributed by atoms with Crippen molar-refractivity contribution in [3.05, 3.63) is 59.4 Å². The number of carbonyl (C=O) groups excluding carboxylic acids is 2. The average Bonchev–Trinajstić information content (AvgIpc) is 3.39. The molecule has 0 saturated carbocycles. The topological polar surface area (TPSA) is 69.4 Å². The van der Waals surface area contributed by atoms with Crippen LogP contribution < -0.4 is 0 Å². The van der Waals surface area contributed by atoms with Crippen molar-refractivity contribution >= 4 is 11.9 Å². The van der Waals surface area contributed by atoms with Crippen LogP contribution in [0.1, 0.15) is 41.4 Å². The monoisotopic (exact) mass is 434 g/mol.